The Kier molecular flexibility index (Phi) is 4.12. The molecule has 0 aromatic heterocycles. The van der Waals surface area contributed by atoms with Gasteiger partial charge >= 0.3 is 6.18 Å². The van der Waals surface area contributed by atoms with Crippen molar-refractivity contribution in [3.63, 3.8) is 0 Å². The van der Waals surface area contributed by atoms with E-state index in [0.717, 1.165) is 31.8 Å². The third kappa shape index (κ3) is 2.99. The number of benzene rings is 1. The Hall–Kier alpha value is -1.07. The summed E-state index contributed by atoms with van der Waals surface area (Å²) in [5.74, 6) is 0. The van der Waals surface area contributed by atoms with Crippen molar-refractivity contribution in [1.82, 2.24) is 4.90 Å². The highest BCUT2D eigenvalue weighted by Gasteiger charge is 2.36. The molecule has 0 amide bonds. The maximum atomic E-state index is 12.7. The van der Waals surface area contributed by atoms with Gasteiger partial charge in [-0.05, 0) is 49.6 Å². The van der Waals surface area contributed by atoms with Crippen molar-refractivity contribution in [2.45, 2.75) is 38.5 Å². The highest BCUT2D eigenvalue weighted by Crippen LogP contribution is 2.37. The van der Waals surface area contributed by atoms with Crippen LogP contribution in [0, 0.1) is 6.92 Å². The Labute approximate surface area is 117 Å². The fourth-order valence-corrected chi connectivity index (χ4v) is 2.87. The van der Waals surface area contributed by atoms with Crippen LogP contribution in [-0.2, 0) is 11.8 Å². The Balaban J connectivity index is 2.25. The minimum Gasteiger partial charge on any atom is -0.385 e. The van der Waals surface area contributed by atoms with Gasteiger partial charge in [-0.2, -0.15) is 13.2 Å². The summed E-state index contributed by atoms with van der Waals surface area (Å²) in [6, 6.07) is 3.62. The smallest absolute Gasteiger partial charge is 0.385 e. The van der Waals surface area contributed by atoms with Crippen LogP contribution in [0.25, 0.3) is 0 Å². The first-order valence-corrected chi connectivity index (χ1v) is 6.89. The molecule has 2 rings (SSSR count). The average Bonchev–Trinajstić information content (AvgIpc) is 2.38. The molecule has 0 spiro atoms. The number of piperidine rings is 1. The lowest BCUT2D eigenvalue weighted by molar-refractivity contribution is -0.137. The van der Waals surface area contributed by atoms with Gasteiger partial charge in [-0.3, -0.25) is 0 Å². The molecule has 1 aromatic carbocycles. The average molecular weight is 287 g/mol. The van der Waals surface area contributed by atoms with Crippen molar-refractivity contribution >= 4 is 0 Å². The lowest BCUT2D eigenvalue weighted by atomic mass is 9.81. The van der Waals surface area contributed by atoms with E-state index in [1.165, 1.54) is 6.07 Å². The fourth-order valence-electron chi connectivity index (χ4n) is 2.87. The first-order chi connectivity index (χ1) is 9.26. The summed E-state index contributed by atoms with van der Waals surface area (Å²) < 4.78 is 38.0. The molecule has 1 heterocycles. The molecule has 112 valence electrons. The molecule has 0 unspecified atom stereocenters. The standard InChI is InChI=1S/C15H20F3NO/c1-3-19-8-6-14(20,7-9-19)13-5-4-12(10-11(13)2)15(16,17)18/h4-5,10,20H,3,6-9H2,1-2H3. The van der Waals surface area contributed by atoms with E-state index >= 15 is 0 Å². The monoisotopic (exact) mass is 287 g/mol. The normalized spacial score (nSPS) is 20.1. The van der Waals surface area contributed by atoms with E-state index in [1.54, 1.807) is 6.92 Å². The van der Waals surface area contributed by atoms with E-state index in [9.17, 15) is 18.3 Å². The van der Waals surface area contributed by atoms with Crippen molar-refractivity contribution < 1.29 is 18.3 Å². The lowest BCUT2D eigenvalue weighted by Gasteiger charge is -2.39. The van der Waals surface area contributed by atoms with Crippen LogP contribution in [0.3, 0.4) is 0 Å². The van der Waals surface area contributed by atoms with Crippen LogP contribution >= 0.6 is 0 Å². The van der Waals surface area contributed by atoms with Crippen molar-refractivity contribution in [1.29, 1.82) is 0 Å². The van der Waals surface area contributed by atoms with Gasteiger partial charge in [0, 0.05) is 13.1 Å². The summed E-state index contributed by atoms with van der Waals surface area (Å²) in [4.78, 5) is 2.23. The number of hydrogen-bond acceptors (Lipinski definition) is 2. The second-order valence-electron chi connectivity index (χ2n) is 5.49. The summed E-state index contributed by atoms with van der Waals surface area (Å²) in [5.41, 5.74) is -0.526. The first-order valence-electron chi connectivity index (χ1n) is 6.89. The zero-order valence-electron chi connectivity index (χ0n) is 11.8. The number of hydrogen-bond donors (Lipinski definition) is 1. The Morgan fingerprint density at radius 3 is 2.30 bits per heavy atom. The Morgan fingerprint density at radius 2 is 1.85 bits per heavy atom. The second-order valence-corrected chi connectivity index (χ2v) is 5.49. The van der Waals surface area contributed by atoms with Crippen LogP contribution in [0.15, 0.2) is 18.2 Å². The summed E-state index contributed by atoms with van der Waals surface area (Å²) >= 11 is 0. The maximum Gasteiger partial charge on any atom is 0.416 e. The molecular weight excluding hydrogens is 267 g/mol. The lowest BCUT2D eigenvalue weighted by Crippen LogP contribution is -2.42. The van der Waals surface area contributed by atoms with Crippen molar-refractivity contribution in [2.75, 3.05) is 19.6 Å². The molecule has 5 heteroatoms. The number of nitrogens with zero attached hydrogens (tertiary/aromatic N) is 1. The quantitative estimate of drug-likeness (QED) is 0.902. The number of rotatable bonds is 2. The van der Waals surface area contributed by atoms with Crippen molar-refractivity contribution in [3.05, 3.63) is 34.9 Å². The van der Waals surface area contributed by atoms with Crippen LogP contribution in [-0.4, -0.2) is 29.6 Å². The van der Waals surface area contributed by atoms with E-state index in [1.807, 2.05) is 0 Å². The third-order valence-electron chi connectivity index (χ3n) is 4.19. The van der Waals surface area contributed by atoms with Crippen molar-refractivity contribution in [2.24, 2.45) is 0 Å². The molecule has 0 saturated carbocycles. The van der Waals surface area contributed by atoms with Gasteiger partial charge in [0.1, 0.15) is 0 Å². The SMILES string of the molecule is CCN1CCC(O)(c2ccc(C(F)(F)F)cc2C)CC1. The second kappa shape index (κ2) is 5.37. The molecule has 0 atom stereocenters. The molecule has 0 bridgehead atoms. The summed E-state index contributed by atoms with van der Waals surface area (Å²) in [6.45, 7) is 6.17. The number of alkyl halides is 3. The zero-order chi connectivity index (χ0) is 15.0. The minimum atomic E-state index is -4.34. The number of halogens is 3. The molecule has 20 heavy (non-hydrogen) atoms. The van der Waals surface area contributed by atoms with E-state index in [-0.39, 0.29) is 0 Å². The van der Waals surface area contributed by atoms with Gasteiger partial charge in [-0.25, -0.2) is 0 Å². The van der Waals surface area contributed by atoms with E-state index in [4.69, 9.17) is 0 Å². The molecule has 0 aliphatic carbocycles. The van der Waals surface area contributed by atoms with Gasteiger partial charge in [-0.1, -0.05) is 13.0 Å². The van der Waals surface area contributed by atoms with E-state index in [0.29, 0.717) is 24.0 Å². The molecule has 1 aromatic rings. The molecule has 1 saturated heterocycles. The van der Waals surface area contributed by atoms with Gasteiger partial charge in [0.2, 0.25) is 0 Å². The Bertz CT molecular complexity index is 476. The number of aryl methyl sites for hydroxylation is 1. The highest BCUT2D eigenvalue weighted by atomic mass is 19.4. The third-order valence-corrected chi connectivity index (χ3v) is 4.19. The van der Waals surface area contributed by atoms with Gasteiger partial charge < -0.3 is 10.0 Å². The van der Waals surface area contributed by atoms with Gasteiger partial charge in [-0.15, -0.1) is 0 Å². The summed E-state index contributed by atoms with van der Waals surface area (Å²) in [7, 11) is 0. The highest BCUT2D eigenvalue weighted by molar-refractivity contribution is 5.36. The molecule has 0 radical (unpaired) electrons. The fraction of sp³-hybridized carbons (Fsp3) is 0.600. The topological polar surface area (TPSA) is 23.5 Å². The molecular formula is C15H20F3NO. The molecule has 1 aliphatic rings. The van der Waals surface area contributed by atoms with Crippen molar-refractivity contribution in [3.8, 4) is 0 Å². The molecule has 1 fully saturated rings. The van der Waals surface area contributed by atoms with Crippen LogP contribution in [0.4, 0.5) is 13.2 Å². The van der Waals surface area contributed by atoms with E-state index < -0.39 is 17.3 Å². The molecule has 2 nitrogen and oxygen atoms in total. The van der Waals surface area contributed by atoms with Crippen LogP contribution in [0.2, 0.25) is 0 Å². The predicted octanol–water partition coefficient (Wildman–Crippen LogP) is 3.32. The molecule has 1 N–H and O–H groups in total. The zero-order valence-corrected chi connectivity index (χ0v) is 11.8. The summed E-state index contributed by atoms with van der Waals surface area (Å²) in [6.07, 6.45) is -3.21. The Morgan fingerprint density at radius 1 is 1.25 bits per heavy atom. The van der Waals surface area contributed by atoms with Gasteiger partial charge in [0.15, 0.2) is 0 Å². The van der Waals surface area contributed by atoms with Crippen LogP contribution in [0.1, 0.15) is 36.5 Å². The number of aliphatic hydroxyl groups is 1. The summed E-state index contributed by atoms with van der Waals surface area (Å²) in [5, 5.41) is 10.7. The van der Waals surface area contributed by atoms with Crippen LogP contribution < -0.4 is 0 Å². The van der Waals surface area contributed by atoms with Crippen LogP contribution in [0.5, 0.6) is 0 Å². The maximum absolute atomic E-state index is 12.7. The largest absolute Gasteiger partial charge is 0.416 e. The van der Waals surface area contributed by atoms with E-state index in [2.05, 4.69) is 11.8 Å². The number of likely N-dealkylation sites (tertiary alicyclic amines) is 1. The predicted molar refractivity (Wildman–Crippen MR) is 71.4 cm³/mol. The first kappa shape index (κ1) is 15.3. The molecule has 1 aliphatic heterocycles. The van der Waals surface area contributed by atoms with Gasteiger partial charge in [0.05, 0.1) is 11.2 Å². The minimum absolute atomic E-state index is 0.507. The van der Waals surface area contributed by atoms with Gasteiger partial charge in [0.25, 0.3) is 0 Å².